The summed E-state index contributed by atoms with van der Waals surface area (Å²) in [5.41, 5.74) is 1.37. The number of rotatable bonds is 3. The van der Waals surface area contributed by atoms with Crippen molar-refractivity contribution in [1.29, 1.82) is 0 Å². The number of esters is 1. The third-order valence-corrected chi connectivity index (χ3v) is 2.50. The molecule has 88 valence electrons. The van der Waals surface area contributed by atoms with E-state index in [2.05, 4.69) is 5.43 Å². The van der Waals surface area contributed by atoms with Gasteiger partial charge in [-0.15, -0.1) is 0 Å². The van der Waals surface area contributed by atoms with E-state index in [0.717, 1.165) is 0 Å². The topological polar surface area (TPSA) is 64.3 Å². The average molecular weight is 263 g/mol. The number of carbonyl (C=O) groups is 1. The fourth-order valence-corrected chi connectivity index (χ4v) is 1.29. The molecule has 3 N–H and O–H groups in total. The monoisotopic (exact) mass is 262 g/mol. The molecule has 0 radical (unpaired) electrons. The van der Waals surface area contributed by atoms with Crippen molar-refractivity contribution in [2.45, 2.75) is 19.4 Å². The number of carbonyl (C=O) groups excluding carboxylic acids is 1. The van der Waals surface area contributed by atoms with E-state index in [1.54, 1.807) is 19.9 Å². The van der Waals surface area contributed by atoms with Gasteiger partial charge in [-0.1, -0.05) is 23.2 Å². The number of nitrogens with one attached hydrogen (secondary N) is 1. The highest BCUT2D eigenvalue weighted by molar-refractivity contribution is 6.35. The molecule has 1 aromatic rings. The SMILES string of the molecule is CC(C)(NN)C(=O)Oc1ccc(Cl)cc1Cl. The largest absolute Gasteiger partial charge is 0.424 e. The van der Waals surface area contributed by atoms with Crippen molar-refractivity contribution < 1.29 is 9.53 Å². The third-order valence-electron chi connectivity index (χ3n) is 1.97. The number of hydrogen-bond donors (Lipinski definition) is 2. The molecule has 1 rings (SSSR count). The molecule has 0 aromatic heterocycles. The van der Waals surface area contributed by atoms with Crippen LogP contribution < -0.4 is 16.0 Å². The van der Waals surface area contributed by atoms with E-state index in [1.807, 2.05) is 0 Å². The van der Waals surface area contributed by atoms with E-state index in [-0.39, 0.29) is 10.8 Å². The molecule has 16 heavy (non-hydrogen) atoms. The number of hydrazine groups is 1. The van der Waals surface area contributed by atoms with Crippen LogP contribution in [0.25, 0.3) is 0 Å². The van der Waals surface area contributed by atoms with Gasteiger partial charge in [-0.25, -0.2) is 10.2 Å². The van der Waals surface area contributed by atoms with E-state index >= 15 is 0 Å². The summed E-state index contributed by atoms with van der Waals surface area (Å²) in [5.74, 6) is 4.94. The summed E-state index contributed by atoms with van der Waals surface area (Å²) in [6.07, 6.45) is 0. The van der Waals surface area contributed by atoms with Gasteiger partial charge in [0.1, 0.15) is 11.3 Å². The zero-order valence-electron chi connectivity index (χ0n) is 8.88. The summed E-state index contributed by atoms with van der Waals surface area (Å²) in [6.45, 7) is 3.19. The molecule has 0 amide bonds. The van der Waals surface area contributed by atoms with E-state index in [1.165, 1.54) is 12.1 Å². The van der Waals surface area contributed by atoms with Gasteiger partial charge in [0.25, 0.3) is 0 Å². The molecule has 0 bridgehead atoms. The number of halogens is 2. The number of ether oxygens (including phenoxy) is 1. The van der Waals surface area contributed by atoms with Crippen LogP contribution in [0, 0.1) is 0 Å². The molecule has 0 aliphatic rings. The van der Waals surface area contributed by atoms with Crippen molar-refractivity contribution in [2.24, 2.45) is 5.84 Å². The highest BCUT2D eigenvalue weighted by Gasteiger charge is 2.28. The Bertz CT molecular complexity index is 408. The second kappa shape index (κ2) is 5.01. The minimum Gasteiger partial charge on any atom is -0.424 e. The van der Waals surface area contributed by atoms with Gasteiger partial charge in [-0.3, -0.25) is 5.84 Å². The lowest BCUT2D eigenvalue weighted by atomic mass is 10.1. The van der Waals surface area contributed by atoms with Gasteiger partial charge in [0.2, 0.25) is 0 Å². The molecule has 0 aliphatic carbocycles. The van der Waals surface area contributed by atoms with Crippen LogP contribution in [0.3, 0.4) is 0 Å². The average Bonchev–Trinajstić information content (AvgIpc) is 2.22. The Balaban J connectivity index is 2.85. The van der Waals surface area contributed by atoms with Gasteiger partial charge in [-0.2, -0.15) is 0 Å². The van der Waals surface area contributed by atoms with Crippen LogP contribution in [-0.4, -0.2) is 11.5 Å². The molecule has 0 unspecified atom stereocenters. The van der Waals surface area contributed by atoms with Crippen molar-refractivity contribution in [2.75, 3.05) is 0 Å². The van der Waals surface area contributed by atoms with Crippen LogP contribution in [0.4, 0.5) is 0 Å². The fourth-order valence-electron chi connectivity index (χ4n) is 0.844. The molecule has 0 aliphatic heterocycles. The number of benzene rings is 1. The highest BCUT2D eigenvalue weighted by atomic mass is 35.5. The molecule has 0 saturated carbocycles. The predicted octanol–water partition coefficient (Wildman–Crippen LogP) is 2.14. The van der Waals surface area contributed by atoms with Gasteiger partial charge in [0, 0.05) is 5.02 Å². The van der Waals surface area contributed by atoms with Crippen LogP contribution in [0.15, 0.2) is 18.2 Å². The standard InChI is InChI=1S/C10H12Cl2N2O2/c1-10(2,14-13)9(15)16-8-4-3-6(11)5-7(8)12/h3-5,14H,13H2,1-2H3. The lowest BCUT2D eigenvalue weighted by molar-refractivity contribution is -0.140. The van der Waals surface area contributed by atoms with Crippen molar-refractivity contribution in [3.8, 4) is 5.75 Å². The maximum atomic E-state index is 11.6. The van der Waals surface area contributed by atoms with Gasteiger partial charge in [0.15, 0.2) is 0 Å². The Morgan fingerprint density at radius 2 is 2.06 bits per heavy atom. The Morgan fingerprint density at radius 3 is 2.56 bits per heavy atom. The number of nitrogens with two attached hydrogens (primary N) is 1. The van der Waals surface area contributed by atoms with Crippen LogP contribution in [-0.2, 0) is 4.79 Å². The molecule has 0 fully saturated rings. The van der Waals surface area contributed by atoms with Crippen LogP contribution in [0.5, 0.6) is 5.75 Å². The minimum atomic E-state index is -0.983. The first-order chi connectivity index (χ1) is 7.36. The Labute approximate surface area is 104 Å². The smallest absolute Gasteiger partial charge is 0.332 e. The lowest BCUT2D eigenvalue weighted by Crippen LogP contribution is -2.52. The molecule has 0 atom stereocenters. The van der Waals surface area contributed by atoms with E-state index in [0.29, 0.717) is 5.02 Å². The number of hydrogen-bond acceptors (Lipinski definition) is 4. The Morgan fingerprint density at radius 1 is 1.44 bits per heavy atom. The van der Waals surface area contributed by atoms with Crippen molar-refractivity contribution in [3.05, 3.63) is 28.2 Å². The zero-order chi connectivity index (χ0) is 12.3. The van der Waals surface area contributed by atoms with Gasteiger partial charge >= 0.3 is 5.97 Å². The van der Waals surface area contributed by atoms with Crippen molar-refractivity contribution >= 4 is 29.2 Å². The maximum Gasteiger partial charge on any atom is 0.332 e. The quantitative estimate of drug-likeness (QED) is 0.379. The van der Waals surface area contributed by atoms with Crippen LogP contribution >= 0.6 is 23.2 Å². The first-order valence-corrected chi connectivity index (χ1v) is 5.27. The molecule has 0 heterocycles. The van der Waals surface area contributed by atoms with Crippen LogP contribution in [0.2, 0.25) is 10.0 Å². The molecule has 6 heteroatoms. The van der Waals surface area contributed by atoms with Gasteiger partial charge < -0.3 is 4.74 Å². The van der Waals surface area contributed by atoms with Gasteiger partial charge in [-0.05, 0) is 32.0 Å². The zero-order valence-corrected chi connectivity index (χ0v) is 10.4. The first-order valence-electron chi connectivity index (χ1n) is 4.52. The normalized spacial score (nSPS) is 11.3. The van der Waals surface area contributed by atoms with Gasteiger partial charge in [0.05, 0.1) is 5.02 Å². The summed E-state index contributed by atoms with van der Waals surface area (Å²) in [4.78, 5) is 11.6. The molecule has 0 saturated heterocycles. The molecule has 0 spiro atoms. The summed E-state index contributed by atoms with van der Waals surface area (Å²) in [5, 5.41) is 0.745. The Hall–Kier alpha value is -0.810. The second-order valence-corrected chi connectivity index (χ2v) is 4.58. The van der Waals surface area contributed by atoms with E-state index in [4.69, 9.17) is 33.8 Å². The summed E-state index contributed by atoms with van der Waals surface area (Å²) >= 11 is 11.6. The lowest BCUT2D eigenvalue weighted by Gasteiger charge is -2.21. The predicted molar refractivity (Wildman–Crippen MR) is 63.5 cm³/mol. The van der Waals surface area contributed by atoms with E-state index < -0.39 is 11.5 Å². The van der Waals surface area contributed by atoms with Crippen molar-refractivity contribution in [1.82, 2.24) is 5.43 Å². The van der Waals surface area contributed by atoms with Crippen LogP contribution in [0.1, 0.15) is 13.8 Å². The van der Waals surface area contributed by atoms with Crippen molar-refractivity contribution in [3.63, 3.8) is 0 Å². The second-order valence-electron chi connectivity index (χ2n) is 3.73. The molecule has 1 aromatic carbocycles. The summed E-state index contributed by atoms with van der Waals surface area (Å²) < 4.78 is 5.08. The molecular weight excluding hydrogens is 251 g/mol. The maximum absolute atomic E-state index is 11.6. The first kappa shape index (κ1) is 13.3. The summed E-state index contributed by atoms with van der Waals surface area (Å²) in [6, 6.07) is 4.60. The fraction of sp³-hybridized carbons (Fsp3) is 0.300. The molecule has 4 nitrogen and oxygen atoms in total. The highest BCUT2D eigenvalue weighted by Crippen LogP contribution is 2.28. The molecular formula is C10H12Cl2N2O2. The summed E-state index contributed by atoms with van der Waals surface area (Å²) in [7, 11) is 0. The Kier molecular flexibility index (Phi) is 4.15. The third kappa shape index (κ3) is 3.09. The minimum absolute atomic E-state index is 0.249. The van der Waals surface area contributed by atoms with E-state index in [9.17, 15) is 4.79 Å².